The Kier molecular flexibility index (Phi) is 4.85. The van der Waals surface area contributed by atoms with Crippen molar-refractivity contribution in [2.45, 2.75) is 6.04 Å². The largest absolute Gasteiger partial charge is 0.316 e. The molecule has 2 aromatic rings. The minimum Gasteiger partial charge on any atom is -0.316 e. The molecular weight excluding hydrogens is 256 g/mol. The first-order chi connectivity index (χ1) is 8.22. The summed E-state index contributed by atoms with van der Waals surface area (Å²) in [5.74, 6) is -0.642. The second kappa shape index (κ2) is 6.15. The molecule has 0 fully saturated rings. The van der Waals surface area contributed by atoms with Gasteiger partial charge in [-0.3, -0.25) is 10.0 Å². The van der Waals surface area contributed by atoms with Crippen LogP contribution in [0.4, 0.5) is 0 Å². The second-order valence-corrected chi connectivity index (χ2v) is 3.50. The number of amides is 1. The minimum atomic E-state index is -0.883. The van der Waals surface area contributed by atoms with Crippen LogP contribution in [0.5, 0.6) is 0 Å². The van der Waals surface area contributed by atoms with Gasteiger partial charge in [0.2, 0.25) is 0 Å². The number of hydroxylamine groups is 1. The van der Waals surface area contributed by atoms with Gasteiger partial charge in [-0.05, 0) is 23.8 Å². The zero-order valence-electron chi connectivity index (χ0n) is 9.35. The molecule has 0 aliphatic carbocycles. The molecule has 1 heterocycles. The summed E-state index contributed by atoms with van der Waals surface area (Å²) < 4.78 is 1.70. The highest BCUT2D eigenvalue weighted by atomic mass is 35.5. The van der Waals surface area contributed by atoms with Crippen molar-refractivity contribution < 1.29 is 10.0 Å². The molecule has 96 valence electrons. The number of aromatic nitrogens is 2. The van der Waals surface area contributed by atoms with E-state index in [1.807, 2.05) is 12.3 Å². The van der Waals surface area contributed by atoms with E-state index in [9.17, 15) is 4.79 Å². The summed E-state index contributed by atoms with van der Waals surface area (Å²) in [6, 6.07) is 7.97. The molecule has 1 atom stereocenters. The average Bonchev–Trinajstić information content (AvgIpc) is 2.91. The zero-order chi connectivity index (χ0) is 12.3. The van der Waals surface area contributed by atoms with Gasteiger partial charge in [-0.15, -0.1) is 12.4 Å². The van der Waals surface area contributed by atoms with Gasteiger partial charge < -0.3 is 5.73 Å². The van der Waals surface area contributed by atoms with Gasteiger partial charge in [-0.2, -0.15) is 5.10 Å². The fourth-order valence-corrected chi connectivity index (χ4v) is 1.48. The highest BCUT2D eigenvalue weighted by Crippen LogP contribution is 2.13. The Balaban J connectivity index is 0.00000162. The lowest BCUT2D eigenvalue weighted by molar-refractivity contribution is -0.130. The molecule has 18 heavy (non-hydrogen) atoms. The lowest BCUT2D eigenvalue weighted by Crippen LogP contribution is -2.31. The number of nitrogens with zero attached hydrogens (tertiary/aromatic N) is 2. The molecule has 2 rings (SSSR count). The summed E-state index contributed by atoms with van der Waals surface area (Å²) in [6.45, 7) is 0. The zero-order valence-corrected chi connectivity index (χ0v) is 10.2. The van der Waals surface area contributed by atoms with E-state index in [-0.39, 0.29) is 12.4 Å². The fourth-order valence-electron chi connectivity index (χ4n) is 1.48. The molecule has 0 saturated heterocycles. The summed E-state index contributed by atoms with van der Waals surface area (Å²) in [5, 5.41) is 12.6. The number of rotatable bonds is 3. The van der Waals surface area contributed by atoms with Crippen molar-refractivity contribution >= 4 is 18.3 Å². The molecule has 7 heteroatoms. The fraction of sp³-hybridized carbons (Fsp3) is 0.0909. The maximum atomic E-state index is 11.1. The lowest BCUT2D eigenvalue weighted by atomic mass is 10.1. The van der Waals surface area contributed by atoms with Crippen molar-refractivity contribution in [1.29, 1.82) is 0 Å². The second-order valence-electron chi connectivity index (χ2n) is 3.50. The number of hydrogen-bond acceptors (Lipinski definition) is 4. The van der Waals surface area contributed by atoms with Gasteiger partial charge in [-0.25, -0.2) is 10.2 Å². The highest BCUT2D eigenvalue weighted by Gasteiger charge is 2.14. The molecule has 1 amide bonds. The Morgan fingerprint density at radius 1 is 1.39 bits per heavy atom. The van der Waals surface area contributed by atoms with Crippen LogP contribution in [0, 0.1) is 0 Å². The number of hydrogen-bond donors (Lipinski definition) is 3. The van der Waals surface area contributed by atoms with Crippen LogP contribution in [0.2, 0.25) is 0 Å². The van der Waals surface area contributed by atoms with E-state index >= 15 is 0 Å². The molecule has 0 bridgehead atoms. The van der Waals surface area contributed by atoms with Crippen LogP contribution in [-0.4, -0.2) is 20.9 Å². The summed E-state index contributed by atoms with van der Waals surface area (Å²) >= 11 is 0. The SMILES string of the molecule is Cl.NC(C(=O)NO)c1ccc(-n2cccn2)cc1. The van der Waals surface area contributed by atoms with E-state index in [1.165, 1.54) is 5.48 Å². The molecule has 0 saturated carbocycles. The van der Waals surface area contributed by atoms with Crippen LogP contribution in [0.3, 0.4) is 0 Å². The molecule has 0 spiro atoms. The van der Waals surface area contributed by atoms with Crippen molar-refractivity contribution in [2.75, 3.05) is 0 Å². The van der Waals surface area contributed by atoms with Crippen LogP contribution >= 0.6 is 12.4 Å². The van der Waals surface area contributed by atoms with Crippen LogP contribution in [0.25, 0.3) is 5.69 Å². The van der Waals surface area contributed by atoms with Gasteiger partial charge in [0, 0.05) is 12.4 Å². The summed E-state index contributed by atoms with van der Waals surface area (Å²) in [5.41, 5.74) is 8.64. The lowest BCUT2D eigenvalue weighted by Gasteiger charge is -2.10. The monoisotopic (exact) mass is 268 g/mol. The molecule has 1 aromatic carbocycles. The maximum absolute atomic E-state index is 11.1. The first-order valence-electron chi connectivity index (χ1n) is 5.02. The Bertz CT molecular complexity index is 498. The van der Waals surface area contributed by atoms with Crippen molar-refractivity contribution in [3.63, 3.8) is 0 Å². The molecule has 0 radical (unpaired) electrons. The quantitative estimate of drug-likeness (QED) is 0.567. The van der Waals surface area contributed by atoms with Crippen LogP contribution in [0.1, 0.15) is 11.6 Å². The van der Waals surface area contributed by atoms with Crippen LogP contribution < -0.4 is 11.2 Å². The number of halogens is 1. The minimum absolute atomic E-state index is 0. The Morgan fingerprint density at radius 3 is 2.56 bits per heavy atom. The van der Waals surface area contributed by atoms with E-state index < -0.39 is 11.9 Å². The first-order valence-corrected chi connectivity index (χ1v) is 5.02. The normalized spacial score (nSPS) is 11.4. The number of benzene rings is 1. The van der Waals surface area contributed by atoms with Crippen molar-refractivity contribution in [1.82, 2.24) is 15.3 Å². The number of nitrogens with two attached hydrogens (primary N) is 1. The van der Waals surface area contributed by atoms with Gasteiger partial charge >= 0.3 is 0 Å². The van der Waals surface area contributed by atoms with Gasteiger partial charge in [-0.1, -0.05) is 12.1 Å². The Labute approximate surface area is 110 Å². The van der Waals surface area contributed by atoms with Crippen molar-refractivity contribution in [3.8, 4) is 5.69 Å². The third kappa shape index (κ3) is 2.86. The molecule has 6 nitrogen and oxygen atoms in total. The molecule has 0 aliphatic heterocycles. The number of nitrogens with one attached hydrogen (secondary N) is 1. The molecular formula is C11H13ClN4O2. The van der Waals surface area contributed by atoms with Gasteiger partial charge in [0.25, 0.3) is 5.91 Å². The third-order valence-corrected chi connectivity index (χ3v) is 2.41. The molecule has 0 aliphatic rings. The van der Waals surface area contributed by atoms with E-state index in [0.717, 1.165) is 5.69 Å². The number of carbonyl (C=O) groups excluding carboxylic acids is 1. The van der Waals surface area contributed by atoms with Crippen molar-refractivity contribution in [3.05, 3.63) is 48.3 Å². The Hall–Kier alpha value is -1.89. The molecule has 1 unspecified atom stereocenters. The van der Waals surface area contributed by atoms with E-state index in [2.05, 4.69) is 5.10 Å². The summed E-state index contributed by atoms with van der Waals surface area (Å²) in [4.78, 5) is 11.1. The predicted molar refractivity (Wildman–Crippen MR) is 67.7 cm³/mol. The summed E-state index contributed by atoms with van der Waals surface area (Å²) in [7, 11) is 0. The number of carbonyl (C=O) groups is 1. The van der Waals surface area contributed by atoms with E-state index in [1.54, 1.807) is 35.1 Å². The molecule has 4 N–H and O–H groups in total. The van der Waals surface area contributed by atoms with Gasteiger partial charge in [0.15, 0.2) is 0 Å². The van der Waals surface area contributed by atoms with Gasteiger partial charge in [0.1, 0.15) is 6.04 Å². The van der Waals surface area contributed by atoms with Crippen LogP contribution in [0.15, 0.2) is 42.7 Å². The van der Waals surface area contributed by atoms with E-state index in [0.29, 0.717) is 5.56 Å². The average molecular weight is 269 g/mol. The first kappa shape index (κ1) is 14.2. The van der Waals surface area contributed by atoms with Gasteiger partial charge in [0.05, 0.1) is 5.69 Å². The Morgan fingerprint density at radius 2 is 2.06 bits per heavy atom. The van der Waals surface area contributed by atoms with Crippen molar-refractivity contribution in [2.24, 2.45) is 5.73 Å². The predicted octanol–water partition coefficient (Wildman–Crippen LogP) is 0.799. The van der Waals surface area contributed by atoms with Crippen LogP contribution in [-0.2, 0) is 4.79 Å². The topological polar surface area (TPSA) is 93.2 Å². The highest BCUT2D eigenvalue weighted by molar-refractivity contribution is 5.85. The standard InChI is InChI=1S/C11H12N4O2.ClH/c12-10(11(16)14-17)8-2-4-9(5-3-8)15-7-1-6-13-15;/h1-7,10,17H,12H2,(H,14,16);1H. The third-order valence-electron chi connectivity index (χ3n) is 2.41. The molecule has 1 aromatic heterocycles. The maximum Gasteiger partial charge on any atom is 0.264 e. The van der Waals surface area contributed by atoms with E-state index in [4.69, 9.17) is 10.9 Å². The smallest absolute Gasteiger partial charge is 0.264 e. The summed E-state index contributed by atoms with van der Waals surface area (Å²) in [6.07, 6.45) is 3.49.